The maximum atomic E-state index is 13.6. The van der Waals surface area contributed by atoms with Crippen molar-refractivity contribution >= 4 is 29.1 Å². The van der Waals surface area contributed by atoms with Gasteiger partial charge in [0, 0.05) is 5.02 Å². The van der Waals surface area contributed by atoms with Gasteiger partial charge in [-0.3, -0.25) is 9.59 Å². The van der Waals surface area contributed by atoms with Crippen molar-refractivity contribution in [3.05, 3.63) is 64.4 Å². The van der Waals surface area contributed by atoms with Gasteiger partial charge in [0.1, 0.15) is 0 Å². The SMILES string of the molecule is O=C(CNC(=O)C1(c2cccc(Cl)c2)CC1)Nc1ccc(F)c(F)c1F. The number of nitrogens with one attached hydrogen (secondary N) is 2. The van der Waals surface area contributed by atoms with E-state index in [4.69, 9.17) is 11.6 Å². The Labute approximate surface area is 152 Å². The minimum atomic E-state index is -1.68. The van der Waals surface area contributed by atoms with E-state index in [1.54, 1.807) is 24.3 Å². The van der Waals surface area contributed by atoms with Crippen LogP contribution in [-0.4, -0.2) is 18.4 Å². The molecule has 2 N–H and O–H groups in total. The molecule has 0 heterocycles. The molecule has 1 fully saturated rings. The topological polar surface area (TPSA) is 58.2 Å². The highest BCUT2D eigenvalue weighted by molar-refractivity contribution is 6.30. The maximum absolute atomic E-state index is 13.6. The third-order valence-corrected chi connectivity index (χ3v) is 4.52. The van der Waals surface area contributed by atoms with Crippen molar-refractivity contribution in [2.24, 2.45) is 0 Å². The van der Waals surface area contributed by atoms with Gasteiger partial charge in [0.05, 0.1) is 17.6 Å². The monoisotopic (exact) mass is 382 g/mol. The third-order valence-electron chi connectivity index (χ3n) is 4.28. The van der Waals surface area contributed by atoms with E-state index < -0.39 is 41.0 Å². The third kappa shape index (κ3) is 3.53. The van der Waals surface area contributed by atoms with Crippen LogP contribution in [0.25, 0.3) is 0 Å². The summed E-state index contributed by atoms with van der Waals surface area (Å²) >= 11 is 5.95. The summed E-state index contributed by atoms with van der Waals surface area (Å²) in [5.41, 5.74) is -0.466. The van der Waals surface area contributed by atoms with Gasteiger partial charge < -0.3 is 10.6 Å². The fraction of sp³-hybridized carbons (Fsp3) is 0.222. The Hall–Kier alpha value is -2.54. The minimum absolute atomic E-state index is 0.347. The van der Waals surface area contributed by atoms with Gasteiger partial charge in [0.15, 0.2) is 17.5 Å². The van der Waals surface area contributed by atoms with Gasteiger partial charge in [-0.1, -0.05) is 23.7 Å². The molecular formula is C18H14ClF3N2O2. The lowest BCUT2D eigenvalue weighted by Gasteiger charge is -2.16. The van der Waals surface area contributed by atoms with Gasteiger partial charge in [-0.25, -0.2) is 13.2 Å². The number of carbonyl (C=O) groups excluding carboxylic acids is 2. The Morgan fingerprint density at radius 3 is 2.46 bits per heavy atom. The van der Waals surface area contributed by atoms with Gasteiger partial charge in [-0.05, 0) is 42.7 Å². The standard InChI is InChI=1S/C18H14ClF3N2O2/c19-11-3-1-2-10(8-11)18(6-7-18)17(26)23-9-14(25)24-13-5-4-12(20)15(21)16(13)22/h1-5,8H,6-7,9H2,(H,23,26)(H,24,25). The lowest BCUT2D eigenvalue weighted by atomic mass is 9.95. The number of halogens is 4. The minimum Gasteiger partial charge on any atom is -0.346 e. The van der Waals surface area contributed by atoms with Crippen molar-refractivity contribution < 1.29 is 22.8 Å². The van der Waals surface area contributed by atoms with Crippen LogP contribution >= 0.6 is 11.6 Å². The fourth-order valence-corrected chi connectivity index (χ4v) is 2.89. The summed E-state index contributed by atoms with van der Waals surface area (Å²) in [7, 11) is 0. The lowest BCUT2D eigenvalue weighted by molar-refractivity contribution is -0.126. The van der Waals surface area contributed by atoms with Crippen LogP contribution in [0.4, 0.5) is 18.9 Å². The number of benzene rings is 2. The summed E-state index contributed by atoms with van der Waals surface area (Å²) in [5.74, 6) is -5.64. The molecule has 2 amide bonds. The van der Waals surface area contributed by atoms with Crippen molar-refractivity contribution in [2.45, 2.75) is 18.3 Å². The zero-order chi connectivity index (χ0) is 18.9. The molecule has 4 nitrogen and oxygen atoms in total. The summed E-state index contributed by atoms with van der Waals surface area (Å²) in [6.07, 6.45) is 1.25. The number of anilines is 1. The fourth-order valence-electron chi connectivity index (χ4n) is 2.70. The molecule has 0 spiro atoms. The van der Waals surface area contributed by atoms with Crippen molar-refractivity contribution in [3.8, 4) is 0 Å². The molecule has 0 aromatic heterocycles. The van der Waals surface area contributed by atoms with Crippen LogP contribution in [0.3, 0.4) is 0 Å². The van der Waals surface area contributed by atoms with E-state index in [1.807, 2.05) is 0 Å². The smallest absolute Gasteiger partial charge is 0.243 e. The van der Waals surface area contributed by atoms with Crippen LogP contribution in [0.15, 0.2) is 36.4 Å². The second-order valence-electron chi connectivity index (χ2n) is 6.05. The van der Waals surface area contributed by atoms with Crippen LogP contribution in [0.2, 0.25) is 5.02 Å². The molecule has 0 saturated heterocycles. The molecule has 3 rings (SSSR count). The molecule has 0 bridgehead atoms. The lowest BCUT2D eigenvalue weighted by Crippen LogP contribution is -2.39. The summed E-state index contributed by atoms with van der Waals surface area (Å²) in [6.45, 7) is -0.431. The normalized spacial score (nSPS) is 14.6. The molecule has 1 aliphatic rings. The zero-order valence-electron chi connectivity index (χ0n) is 13.4. The van der Waals surface area contributed by atoms with Gasteiger partial charge >= 0.3 is 0 Å². The molecule has 136 valence electrons. The van der Waals surface area contributed by atoms with Crippen molar-refractivity contribution in [3.63, 3.8) is 0 Å². The maximum Gasteiger partial charge on any atom is 0.243 e. The first kappa shape index (κ1) is 18.3. The van der Waals surface area contributed by atoms with E-state index in [0.717, 1.165) is 11.6 Å². The summed E-state index contributed by atoms with van der Waals surface area (Å²) in [6, 6.07) is 8.53. The summed E-state index contributed by atoms with van der Waals surface area (Å²) in [5, 5.41) is 5.09. The predicted octanol–water partition coefficient (Wildman–Crippen LogP) is 3.54. The van der Waals surface area contributed by atoms with Crippen molar-refractivity contribution in [1.82, 2.24) is 5.32 Å². The summed E-state index contributed by atoms with van der Waals surface area (Å²) < 4.78 is 39.6. The summed E-state index contributed by atoms with van der Waals surface area (Å²) in [4.78, 5) is 24.3. The molecule has 26 heavy (non-hydrogen) atoms. The van der Waals surface area contributed by atoms with Crippen molar-refractivity contribution in [2.75, 3.05) is 11.9 Å². The quantitative estimate of drug-likeness (QED) is 0.777. The molecule has 2 aromatic rings. The first-order chi connectivity index (χ1) is 12.3. The van der Waals surface area contributed by atoms with Crippen LogP contribution in [0.5, 0.6) is 0 Å². The van der Waals surface area contributed by atoms with Crippen LogP contribution in [0.1, 0.15) is 18.4 Å². The Kier molecular flexibility index (Phi) is 4.91. The van der Waals surface area contributed by atoms with E-state index in [0.29, 0.717) is 23.9 Å². The van der Waals surface area contributed by atoms with Crippen molar-refractivity contribution in [1.29, 1.82) is 0 Å². The highest BCUT2D eigenvalue weighted by Gasteiger charge is 2.51. The molecule has 1 aliphatic carbocycles. The highest BCUT2D eigenvalue weighted by atomic mass is 35.5. The molecule has 0 atom stereocenters. The second kappa shape index (κ2) is 6.99. The average Bonchev–Trinajstić information content (AvgIpc) is 3.42. The molecule has 2 aromatic carbocycles. The van der Waals surface area contributed by atoms with E-state index in [1.165, 1.54) is 0 Å². The van der Waals surface area contributed by atoms with Crippen LogP contribution in [0, 0.1) is 17.5 Å². The largest absolute Gasteiger partial charge is 0.346 e. The first-order valence-corrected chi connectivity index (χ1v) is 8.19. The van der Waals surface area contributed by atoms with E-state index in [9.17, 15) is 22.8 Å². The van der Waals surface area contributed by atoms with Crippen LogP contribution in [-0.2, 0) is 15.0 Å². The molecule has 0 unspecified atom stereocenters. The van der Waals surface area contributed by atoms with Crippen LogP contribution < -0.4 is 10.6 Å². The Bertz CT molecular complexity index is 885. The van der Waals surface area contributed by atoms with E-state index in [-0.39, 0.29) is 5.91 Å². The zero-order valence-corrected chi connectivity index (χ0v) is 14.2. The molecule has 8 heteroatoms. The van der Waals surface area contributed by atoms with Gasteiger partial charge in [0.25, 0.3) is 0 Å². The Morgan fingerprint density at radius 2 is 1.81 bits per heavy atom. The van der Waals surface area contributed by atoms with E-state index in [2.05, 4.69) is 10.6 Å². The number of rotatable bonds is 5. The van der Waals surface area contributed by atoms with Gasteiger partial charge in [-0.15, -0.1) is 0 Å². The highest BCUT2D eigenvalue weighted by Crippen LogP contribution is 2.48. The van der Waals surface area contributed by atoms with Gasteiger partial charge in [0.2, 0.25) is 11.8 Å². The van der Waals surface area contributed by atoms with E-state index >= 15 is 0 Å². The second-order valence-corrected chi connectivity index (χ2v) is 6.48. The number of hydrogen-bond acceptors (Lipinski definition) is 2. The number of hydrogen-bond donors (Lipinski definition) is 2. The molecule has 1 saturated carbocycles. The first-order valence-electron chi connectivity index (χ1n) is 7.81. The Morgan fingerprint density at radius 1 is 1.08 bits per heavy atom. The molecular weight excluding hydrogens is 369 g/mol. The molecule has 0 aliphatic heterocycles. The number of carbonyl (C=O) groups is 2. The Balaban J connectivity index is 1.61. The van der Waals surface area contributed by atoms with Gasteiger partial charge in [-0.2, -0.15) is 0 Å². The molecule has 0 radical (unpaired) electrons. The number of amides is 2. The predicted molar refractivity (Wildman–Crippen MR) is 90.3 cm³/mol. The average molecular weight is 383 g/mol.